The minimum atomic E-state index is -3.35. The second-order valence-electron chi connectivity index (χ2n) is 10.3. The lowest BCUT2D eigenvalue weighted by Gasteiger charge is -2.21. The smallest absolute Gasteiger partial charge is 0.229 e. The molecule has 0 spiro atoms. The molecule has 0 saturated heterocycles. The summed E-state index contributed by atoms with van der Waals surface area (Å²) in [6.07, 6.45) is 10.9. The van der Waals surface area contributed by atoms with Crippen LogP contribution in [0.3, 0.4) is 0 Å². The predicted molar refractivity (Wildman–Crippen MR) is 159 cm³/mol. The number of hydrogen-bond donors (Lipinski definition) is 1. The van der Waals surface area contributed by atoms with Gasteiger partial charge in [0.2, 0.25) is 10.0 Å². The van der Waals surface area contributed by atoms with Crippen LogP contribution >= 0.6 is 0 Å². The molecule has 3 rings (SSSR count). The Balaban J connectivity index is 1.65. The second-order valence-corrected chi connectivity index (χ2v) is 12.0. The maximum Gasteiger partial charge on any atom is 0.229 e. The van der Waals surface area contributed by atoms with E-state index in [4.69, 9.17) is 9.15 Å². The summed E-state index contributed by atoms with van der Waals surface area (Å²) in [5.74, 6) is 1.87. The normalized spacial score (nSPS) is 11.9. The van der Waals surface area contributed by atoms with Gasteiger partial charge in [0.05, 0.1) is 12.9 Å². The molecule has 0 radical (unpaired) electrons. The molecule has 3 aromatic rings. The summed E-state index contributed by atoms with van der Waals surface area (Å²) >= 11 is 0. The monoisotopic (exact) mass is 542 g/mol. The number of furan rings is 1. The third-order valence-corrected chi connectivity index (χ3v) is 7.39. The van der Waals surface area contributed by atoms with E-state index in [1.54, 1.807) is 6.07 Å². The number of benzene rings is 2. The number of nitrogens with zero attached hydrogens (tertiary/aromatic N) is 1. The molecule has 0 saturated carbocycles. The van der Waals surface area contributed by atoms with Gasteiger partial charge in [-0.2, -0.15) is 0 Å². The molecule has 6 nitrogen and oxygen atoms in total. The molecule has 0 bridgehead atoms. The van der Waals surface area contributed by atoms with Crippen LogP contribution in [-0.4, -0.2) is 45.8 Å². The number of hydrogen-bond acceptors (Lipinski definition) is 5. The molecule has 0 unspecified atom stereocenters. The molecule has 0 aliphatic carbocycles. The quantitative estimate of drug-likeness (QED) is 0.169. The van der Waals surface area contributed by atoms with E-state index in [9.17, 15) is 8.42 Å². The molecule has 0 amide bonds. The minimum Gasteiger partial charge on any atom is -0.494 e. The van der Waals surface area contributed by atoms with Gasteiger partial charge in [-0.3, -0.25) is 4.72 Å². The van der Waals surface area contributed by atoms with Crippen LogP contribution in [0.1, 0.15) is 82.6 Å². The number of sulfonamides is 1. The Bertz CT molecular complexity index is 1210. The molecule has 2 aromatic carbocycles. The maximum atomic E-state index is 11.8. The highest BCUT2D eigenvalue weighted by atomic mass is 32.2. The van der Waals surface area contributed by atoms with Crippen LogP contribution in [0.25, 0.3) is 11.0 Å². The van der Waals surface area contributed by atoms with Gasteiger partial charge in [0, 0.05) is 36.0 Å². The van der Waals surface area contributed by atoms with Gasteiger partial charge in [-0.15, -0.1) is 0 Å². The SMILES string of the molecule is CCCCc1oc2ccc(NS(C)(=O)=O)cc2c1Cc1ccc(OCCCN(CCCC)CCCC)cc1. The number of unbranched alkanes of at least 4 members (excludes halogenated alkanes) is 3. The third kappa shape index (κ3) is 9.66. The van der Waals surface area contributed by atoms with Crippen molar-refractivity contribution in [2.24, 2.45) is 0 Å². The highest BCUT2D eigenvalue weighted by molar-refractivity contribution is 7.92. The Morgan fingerprint density at radius 1 is 0.868 bits per heavy atom. The van der Waals surface area contributed by atoms with Gasteiger partial charge in [0.25, 0.3) is 0 Å². The zero-order valence-corrected chi connectivity index (χ0v) is 24.5. The Kier molecular flexibility index (Phi) is 12.0. The number of nitrogens with one attached hydrogen (secondary N) is 1. The number of ether oxygens (including phenoxy) is 1. The highest BCUT2D eigenvalue weighted by Crippen LogP contribution is 2.32. The van der Waals surface area contributed by atoms with Gasteiger partial charge in [0.15, 0.2) is 0 Å². The zero-order valence-electron chi connectivity index (χ0n) is 23.7. The topological polar surface area (TPSA) is 71.8 Å². The maximum absolute atomic E-state index is 11.8. The van der Waals surface area contributed by atoms with Crippen molar-refractivity contribution in [2.45, 2.75) is 78.6 Å². The first kappa shape index (κ1) is 30.0. The Hall–Kier alpha value is -2.51. The van der Waals surface area contributed by atoms with Crippen LogP contribution in [0.5, 0.6) is 5.75 Å². The van der Waals surface area contributed by atoms with E-state index in [0.29, 0.717) is 5.69 Å². The average molecular weight is 543 g/mol. The van der Waals surface area contributed by atoms with Crippen LogP contribution in [0.15, 0.2) is 46.9 Å². The fourth-order valence-corrected chi connectivity index (χ4v) is 5.25. The lowest BCUT2D eigenvalue weighted by Crippen LogP contribution is -2.28. The summed E-state index contributed by atoms with van der Waals surface area (Å²) in [7, 11) is -3.35. The molecular weight excluding hydrogens is 496 g/mol. The van der Waals surface area contributed by atoms with Crippen LogP contribution in [0, 0.1) is 0 Å². The Morgan fingerprint density at radius 2 is 1.53 bits per heavy atom. The van der Waals surface area contributed by atoms with Crippen molar-refractivity contribution < 1.29 is 17.6 Å². The van der Waals surface area contributed by atoms with Gasteiger partial charge >= 0.3 is 0 Å². The number of rotatable bonds is 18. The van der Waals surface area contributed by atoms with E-state index in [1.165, 1.54) is 50.6 Å². The van der Waals surface area contributed by atoms with Crippen LogP contribution < -0.4 is 9.46 Å². The van der Waals surface area contributed by atoms with E-state index >= 15 is 0 Å². The molecule has 1 aromatic heterocycles. The molecule has 0 atom stereocenters. The van der Waals surface area contributed by atoms with Crippen molar-refractivity contribution in [3.8, 4) is 5.75 Å². The molecule has 7 heteroatoms. The molecule has 1 heterocycles. The average Bonchev–Trinajstić information content (AvgIpc) is 3.22. The van der Waals surface area contributed by atoms with Crippen molar-refractivity contribution in [3.05, 3.63) is 59.4 Å². The number of anilines is 1. The fraction of sp³-hybridized carbons (Fsp3) is 0.548. The minimum absolute atomic E-state index is 0.552. The van der Waals surface area contributed by atoms with E-state index in [2.05, 4.69) is 42.5 Å². The van der Waals surface area contributed by atoms with E-state index in [-0.39, 0.29) is 0 Å². The molecule has 210 valence electrons. The first-order valence-electron chi connectivity index (χ1n) is 14.3. The van der Waals surface area contributed by atoms with Crippen LogP contribution in [0.2, 0.25) is 0 Å². The van der Waals surface area contributed by atoms with Gasteiger partial charge in [-0.05, 0) is 74.7 Å². The van der Waals surface area contributed by atoms with Gasteiger partial charge in [-0.25, -0.2) is 8.42 Å². The number of aryl methyl sites for hydroxylation is 1. The summed E-state index contributed by atoms with van der Waals surface area (Å²) in [4.78, 5) is 2.57. The summed E-state index contributed by atoms with van der Waals surface area (Å²) in [6.45, 7) is 10.8. The second kappa shape index (κ2) is 15.2. The predicted octanol–water partition coefficient (Wildman–Crippen LogP) is 7.41. The largest absolute Gasteiger partial charge is 0.494 e. The molecule has 0 aliphatic rings. The fourth-order valence-electron chi connectivity index (χ4n) is 4.69. The van der Waals surface area contributed by atoms with Crippen LogP contribution in [0.4, 0.5) is 5.69 Å². The molecular formula is C31H46N2O4S. The standard InChI is InChI=1S/C31H46N2O4S/c1-5-8-12-30-28(29-24-26(32-38(4,34)35)15-18-31(29)37-30)23-25-13-16-27(17-14-25)36-22-11-21-33(19-9-6-2)20-10-7-3/h13-18,24,32H,5-12,19-23H2,1-4H3. The Morgan fingerprint density at radius 3 is 2.16 bits per heavy atom. The van der Waals surface area contributed by atoms with Crippen LogP contribution in [-0.2, 0) is 22.9 Å². The molecule has 1 N–H and O–H groups in total. The highest BCUT2D eigenvalue weighted by Gasteiger charge is 2.16. The first-order chi connectivity index (χ1) is 18.3. The van der Waals surface area contributed by atoms with Crippen molar-refractivity contribution in [1.29, 1.82) is 0 Å². The van der Waals surface area contributed by atoms with Gasteiger partial charge in [0.1, 0.15) is 17.1 Å². The van der Waals surface area contributed by atoms with E-state index in [0.717, 1.165) is 73.3 Å². The van der Waals surface area contributed by atoms with Gasteiger partial charge < -0.3 is 14.1 Å². The van der Waals surface area contributed by atoms with Crippen molar-refractivity contribution in [1.82, 2.24) is 4.90 Å². The van der Waals surface area contributed by atoms with E-state index in [1.807, 2.05) is 24.3 Å². The molecule has 0 fully saturated rings. The third-order valence-electron chi connectivity index (χ3n) is 6.78. The van der Waals surface area contributed by atoms with Gasteiger partial charge in [-0.1, -0.05) is 52.2 Å². The zero-order chi connectivity index (χ0) is 27.4. The summed E-state index contributed by atoms with van der Waals surface area (Å²) in [6, 6.07) is 13.8. The summed E-state index contributed by atoms with van der Waals surface area (Å²) < 4.78 is 38.4. The lowest BCUT2D eigenvalue weighted by molar-refractivity contribution is 0.229. The van der Waals surface area contributed by atoms with Crippen molar-refractivity contribution in [2.75, 3.05) is 37.2 Å². The lowest BCUT2D eigenvalue weighted by atomic mass is 9.99. The van der Waals surface area contributed by atoms with Crippen molar-refractivity contribution >= 4 is 26.7 Å². The van der Waals surface area contributed by atoms with Crippen molar-refractivity contribution in [3.63, 3.8) is 0 Å². The Labute approximate surface area is 229 Å². The number of fused-ring (bicyclic) bond motifs is 1. The first-order valence-corrected chi connectivity index (χ1v) is 16.2. The molecule has 0 aliphatic heterocycles. The molecule has 38 heavy (non-hydrogen) atoms. The van der Waals surface area contributed by atoms with E-state index < -0.39 is 10.0 Å². The summed E-state index contributed by atoms with van der Waals surface area (Å²) in [5, 5.41) is 0.959. The summed E-state index contributed by atoms with van der Waals surface area (Å²) in [5.41, 5.74) is 3.64.